The number of unbranched alkanes of at least 4 members (excludes halogenated alkanes) is 1. The van der Waals surface area contributed by atoms with Gasteiger partial charge in [-0.2, -0.15) is 0 Å². The number of aliphatic hydroxyl groups is 1. The zero-order valence-corrected chi connectivity index (χ0v) is 11.5. The molecule has 0 heterocycles. The van der Waals surface area contributed by atoms with Gasteiger partial charge in [-0.05, 0) is 26.7 Å². The Morgan fingerprint density at radius 3 is 2.47 bits per heavy atom. The lowest BCUT2D eigenvalue weighted by atomic mass is 10.2. The summed E-state index contributed by atoms with van der Waals surface area (Å²) >= 11 is 0. The highest BCUT2D eigenvalue weighted by Crippen LogP contribution is 1.94. The molecule has 112 valence electrons. The van der Waals surface area contributed by atoms with Gasteiger partial charge in [0.1, 0.15) is 6.04 Å². The molecule has 0 aromatic rings. The van der Waals surface area contributed by atoms with E-state index in [1.165, 1.54) is 0 Å². The zero-order valence-electron chi connectivity index (χ0n) is 11.5. The summed E-state index contributed by atoms with van der Waals surface area (Å²) in [6.07, 6.45) is 1.78. The Bertz CT molecular complexity index is 271. The first-order chi connectivity index (χ1) is 8.97. The van der Waals surface area contributed by atoms with Crippen LogP contribution in [-0.4, -0.2) is 54.1 Å². The number of nitrogens with one attached hydrogen (secondary N) is 2. The van der Waals surface area contributed by atoms with Crippen LogP contribution in [0.15, 0.2) is 0 Å². The van der Waals surface area contributed by atoms with Crippen LogP contribution in [0.4, 0.5) is 4.79 Å². The Labute approximate surface area is 113 Å². The zero-order chi connectivity index (χ0) is 14.7. The molecular formula is C12H24N2O5. The van der Waals surface area contributed by atoms with Crippen LogP contribution in [0.25, 0.3) is 0 Å². The fourth-order valence-electron chi connectivity index (χ4n) is 1.34. The summed E-state index contributed by atoms with van der Waals surface area (Å²) in [7, 11) is 0. The van der Waals surface area contributed by atoms with Gasteiger partial charge >= 0.3 is 12.0 Å². The summed E-state index contributed by atoms with van der Waals surface area (Å²) in [6, 6.07) is -1.60. The highest BCUT2D eigenvalue weighted by atomic mass is 16.5. The van der Waals surface area contributed by atoms with Gasteiger partial charge in [0.15, 0.2) is 0 Å². The standard InChI is InChI=1S/C12H24N2O5/c1-9(2)19-8-4-3-6-13-12(18)14-10(5-7-15)11(16)17/h9-10,15H,3-8H2,1-2H3,(H,16,17)(H2,13,14,18)/t10-/m0/s1. The van der Waals surface area contributed by atoms with Gasteiger partial charge in [0.25, 0.3) is 0 Å². The van der Waals surface area contributed by atoms with Gasteiger partial charge in [0.2, 0.25) is 0 Å². The molecule has 0 radical (unpaired) electrons. The predicted octanol–water partition coefficient (Wildman–Crippen LogP) is 0.326. The number of carboxylic acids is 1. The number of aliphatic carboxylic acids is 1. The number of rotatable bonds is 10. The first-order valence-corrected chi connectivity index (χ1v) is 6.47. The summed E-state index contributed by atoms with van der Waals surface area (Å²) < 4.78 is 5.34. The van der Waals surface area contributed by atoms with E-state index in [1.54, 1.807) is 0 Å². The van der Waals surface area contributed by atoms with Crippen molar-refractivity contribution in [2.24, 2.45) is 0 Å². The normalized spacial score (nSPS) is 12.2. The van der Waals surface area contributed by atoms with E-state index in [9.17, 15) is 9.59 Å². The van der Waals surface area contributed by atoms with Crippen LogP contribution in [0.2, 0.25) is 0 Å². The van der Waals surface area contributed by atoms with E-state index in [1.807, 2.05) is 13.8 Å². The Kier molecular flexibility index (Phi) is 9.82. The number of ether oxygens (including phenoxy) is 1. The molecule has 0 aromatic heterocycles. The smallest absolute Gasteiger partial charge is 0.326 e. The molecule has 0 aliphatic rings. The monoisotopic (exact) mass is 276 g/mol. The van der Waals surface area contributed by atoms with E-state index in [-0.39, 0.29) is 19.1 Å². The highest BCUT2D eigenvalue weighted by molar-refractivity contribution is 5.82. The second-order valence-corrected chi connectivity index (χ2v) is 4.43. The van der Waals surface area contributed by atoms with Crippen molar-refractivity contribution in [3.8, 4) is 0 Å². The molecule has 0 rings (SSSR count). The van der Waals surface area contributed by atoms with Crippen LogP contribution in [0.5, 0.6) is 0 Å². The molecule has 0 unspecified atom stereocenters. The average molecular weight is 276 g/mol. The van der Waals surface area contributed by atoms with Crippen molar-refractivity contribution in [3.63, 3.8) is 0 Å². The average Bonchev–Trinajstić information content (AvgIpc) is 2.32. The van der Waals surface area contributed by atoms with Gasteiger partial charge in [-0.25, -0.2) is 9.59 Å². The Morgan fingerprint density at radius 2 is 1.95 bits per heavy atom. The molecular weight excluding hydrogens is 252 g/mol. The van der Waals surface area contributed by atoms with E-state index >= 15 is 0 Å². The number of aliphatic hydroxyl groups excluding tert-OH is 1. The molecule has 0 aliphatic carbocycles. The summed E-state index contributed by atoms with van der Waals surface area (Å²) in [5.74, 6) is -1.16. The Balaban J connectivity index is 3.65. The van der Waals surface area contributed by atoms with Crippen LogP contribution in [0.1, 0.15) is 33.1 Å². The van der Waals surface area contributed by atoms with Gasteiger partial charge in [-0.15, -0.1) is 0 Å². The maximum atomic E-state index is 11.4. The van der Waals surface area contributed by atoms with Crippen molar-refractivity contribution in [1.82, 2.24) is 10.6 Å². The van der Waals surface area contributed by atoms with E-state index in [0.717, 1.165) is 12.8 Å². The van der Waals surface area contributed by atoms with Crippen molar-refractivity contribution in [2.75, 3.05) is 19.8 Å². The van der Waals surface area contributed by atoms with Gasteiger partial charge < -0.3 is 25.6 Å². The molecule has 0 saturated carbocycles. The summed E-state index contributed by atoms with van der Waals surface area (Å²) in [5.41, 5.74) is 0. The number of carbonyl (C=O) groups excluding carboxylic acids is 1. The summed E-state index contributed by atoms with van der Waals surface area (Å²) in [4.78, 5) is 22.1. The minimum absolute atomic E-state index is 0.00895. The SMILES string of the molecule is CC(C)OCCCCNC(=O)N[C@@H](CCO)C(=O)O. The second kappa shape index (κ2) is 10.6. The molecule has 0 saturated heterocycles. The molecule has 19 heavy (non-hydrogen) atoms. The number of hydrogen-bond donors (Lipinski definition) is 4. The van der Waals surface area contributed by atoms with Gasteiger partial charge in [-0.3, -0.25) is 0 Å². The molecule has 1 atom stereocenters. The number of carboxylic acid groups (broad SMARTS) is 1. The van der Waals surface area contributed by atoms with Gasteiger partial charge in [-0.1, -0.05) is 0 Å². The van der Waals surface area contributed by atoms with Crippen molar-refractivity contribution >= 4 is 12.0 Å². The first-order valence-electron chi connectivity index (χ1n) is 6.47. The van der Waals surface area contributed by atoms with Crippen LogP contribution >= 0.6 is 0 Å². The number of amides is 2. The minimum Gasteiger partial charge on any atom is -0.480 e. The molecule has 2 amide bonds. The minimum atomic E-state index is -1.16. The van der Waals surface area contributed by atoms with Crippen LogP contribution in [-0.2, 0) is 9.53 Å². The molecule has 0 spiro atoms. The van der Waals surface area contributed by atoms with Crippen LogP contribution in [0, 0.1) is 0 Å². The van der Waals surface area contributed by atoms with Crippen molar-refractivity contribution < 1.29 is 24.5 Å². The lowest BCUT2D eigenvalue weighted by Crippen LogP contribution is -2.46. The highest BCUT2D eigenvalue weighted by Gasteiger charge is 2.18. The van der Waals surface area contributed by atoms with Crippen molar-refractivity contribution in [3.05, 3.63) is 0 Å². The third-order valence-corrected chi connectivity index (χ3v) is 2.33. The van der Waals surface area contributed by atoms with Crippen molar-refractivity contribution in [2.45, 2.75) is 45.3 Å². The quantitative estimate of drug-likeness (QED) is 0.430. The fraction of sp³-hybridized carbons (Fsp3) is 0.833. The van der Waals surface area contributed by atoms with E-state index in [0.29, 0.717) is 13.2 Å². The van der Waals surface area contributed by atoms with E-state index in [2.05, 4.69) is 10.6 Å². The number of hydrogen-bond acceptors (Lipinski definition) is 4. The summed E-state index contributed by atoms with van der Waals surface area (Å²) in [5, 5.41) is 22.3. The summed E-state index contributed by atoms with van der Waals surface area (Å²) in [6.45, 7) is 4.73. The van der Waals surface area contributed by atoms with E-state index in [4.69, 9.17) is 14.9 Å². The molecule has 0 fully saturated rings. The fourth-order valence-corrected chi connectivity index (χ4v) is 1.34. The maximum Gasteiger partial charge on any atom is 0.326 e. The third-order valence-electron chi connectivity index (χ3n) is 2.33. The number of carbonyl (C=O) groups is 2. The molecule has 7 nitrogen and oxygen atoms in total. The van der Waals surface area contributed by atoms with Crippen molar-refractivity contribution in [1.29, 1.82) is 0 Å². The predicted molar refractivity (Wildman–Crippen MR) is 70.0 cm³/mol. The van der Waals surface area contributed by atoms with Gasteiger partial charge in [0, 0.05) is 26.2 Å². The molecule has 0 bridgehead atoms. The Morgan fingerprint density at radius 1 is 1.26 bits per heavy atom. The second-order valence-electron chi connectivity index (χ2n) is 4.43. The Hall–Kier alpha value is -1.34. The largest absolute Gasteiger partial charge is 0.480 e. The molecule has 0 aliphatic heterocycles. The van der Waals surface area contributed by atoms with Crippen LogP contribution < -0.4 is 10.6 Å². The van der Waals surface area contributed by atoms with Gasteiger partial charge in [0.05, 0.1) is 6.10 Å². The van der Waals surface area contributed by atoms with Crippen LogP contribution in [0.3, 0.4) is 0 Å². The molecule has 4 N–H and O–H groups in total. The maximum absolute atomic E-state index is 11.4. The third kappa shape index (κ3) is 10.3. The molecule has 0 aromatic carbocycles. The topological polar surface area (TPSA) is 108 Å². The lowest BCUT2D eigenvalue weighted by Gasteiger charge is -2.14. The lowest BCUT2D eigenvalue weighted by molar-refractivity contribution is -0.139. The molecule has 7 heteroatoms. The van der Waals surface area contributed by atoms with E-state index < -0.39 is 18.0 Å². The first kappa shape index (κ1) is 17.7. The number of urea groups is 1.